The molecule has 624 valence electrons. The van der Waals surface area contributed by atoms with E-state index in [0.29, 0.717) is 66.8 Å². The molecular formula is C90H90O24P6. The first kappa shape index (κ1) is 89.1. The minimum absolute atomic E-state index is 0.423. The zero-order valence-electron chi connectivity index (χ0n) is 65.1. The smallest absolute Gasteiger partial charge is 0.282 e. The molecule has 13 rings (SSSR count). The summed E-state index contributed by atoms with van der Waals surface area (Å²) in [6, 6.07) is 102. The zero-order chi connectivity index (χ0) is 83.0. The third kappa shape index (κ3) is 28.2. The van der Waals surface area contributed by atoms with Crippen molar-refractivity contribution in [2.75, 3.05) is 0 Å². The van der Waals surface area contributed by atoms with Gasteiger partial charge in [0.2, 0.25) is 0 Å². The maximum Gasteiger partial charge on any atom is 0.475 e. The Morgan fingerprint density at radius 3 is 0.283 bits per heavy atom. The van der Waals surface area contributed by atoms with E-state index in [1.165, 1.54) is 0 Å². The number of rotatable bonds is 48. The van der Waals surface area contributed by atoms with Gasteiger partial charge >= 0.3 is 46.9 Å². The molecule has 0 aromatic heterocycles. The van der Waals surface area contributed by atoms with Gasteiger partial charge in [-0.15, -0.1) is 0 Å². The minimum atomic E-state index is -5.62. The second-order valence-corrected chi connectivity index (χ2v) is 36.9. The van der Waals surface area contributed by atoms with E-state index in [-0.39, 0.29) is 0 Å². The highest BCUT2D eigenvalue weighted by atomic mass is 31.2. The Kier molecular flexibility index (Phi) is 33.3. The van der Waals surface area contributed by atoms with E-state index in [1.807, 2.05) is 0 Å². The molecule has 0 N–H and O–H groups in total. The van der Waals surface area contributed by atoms with E-state index in [4.69, 9.17) is 81.4 Å². The van der Waals surface area contributed by atoms with Crippen LogP contribution in [0.4, 0.5) is 0 Å². The summed E-state index contributed by atoms with van der Waals surface area (Å²) in [5.74, 6) is 0. The molecule has 1 saturated carbocycles. The van der Waals surface area contributed by atoms with Crippen LogP contribution >= 0.6 is 46.9 Å². The SMILES string of the molecule is O=P(OCc1ccccc1)(OCc1ccccc1)OC1C(OP(=O)(OCc2ccccc2)OCc2ccccc2)C(OP(=O)(OCc2ccccc2)OCc2ccccc2)C(OP(=O)(OCc2ccccc2)OCc2ccccc2)C(OP(=O)(OCc2ccccc2)OCc2ccccc2)C1OP(=O)(OCc1ccccc1)OCc1ccccc1. The summed E-state index contributed by atoms with van der Waals surface area (Å²) in [5.41, 5.74) is 5.08. The lowest BCUT2D eigenvalue weighted by Gasteiger charge is -2.50. The van der Waals surface area contributed by atoms with Crippen molar-refractivity contribution in [2.24, 2.45) is 0 Å². The first-order valence-corrected chi connectivity index (χ1v) is 47.2. The highest BCUT2D eigenvalue weighted by Gasteiger charge is 2.65. The molecule has 0 heterocycles. The van der Waals surface area contributed by atoms with Crippen LogP contribution in [0.1, 0.15) is 66.8 Å². The van der Waals surface area contributed by atoms with Crippen LogP contribution in [0.3, 0.4) is 0 Å². The van der Waals surface area contributed by atoms with Gasteiger partial charge in [0.1, 0.15) is 36.6 Å². The van der Waals surface area contributed by atoms with Gasteiger partial charge in [-0.1, -0.05) is 364 Å². The first-order valence-electron chi connectivity index (χ1n) is 38.4. The summed E-state index contributed by atoms with van der Waals surface area (Å²) in [4.78, 5) is 0. The van der Waals surface area contributed by atoms with E-state index in [9.17, 15) is 0 Å². The van der Waals surface area contributed by atoms with E-state index in [2.05, 4.69) is 0 Å². The van der Waals surface area contributed by atoms with Crippen molar-refractivity contribution in [3.8, 4) is 0 Å². The maximum absolute atomic E-state index is 17.2. The Morgan fingerprint density at radius 1 is 0.133 bits per heavy atom. The molecule has 12 aromatic rings. The van der Waals surface area contributed by atoms with Gasteiger partial charge in [0.25, 0.3) is 0 Å². The molecule has 0 aliphatic heterocycles. The Labute approximate surface area is 698 Å². The van der Waals surface area contributed by atoms with Crippen LogP contribution in [0.15, 0.2) is 364 Å². The number of benzene rings is 12. The van der Waals surface area contributed by atoms with E-state index in [1.54, 1.807) is 364 Å². The van der Waals surface area contributed by atoms with E-state index < -0.39 is 163 Å². The predicted molar refractivity (Wildman–Crippen MR) is 450 cm³/mol. The van der Waals surface area contributed by atoms with Crippen LogP contribution in [-0.4, -0.2) is 36.6 Å². The Morgan fingerprint density at radius 2 is 0.208 bits per heavy atom. The molecule has 1 aliphatic carbocycles. The van der Waals surface area contributed by atoms with Crippen LogP contribution in [0, 0.1) is 0 Å². The summed E-state index contributed by atoms with van der Waals surface area (Å²) in [7, 11) is -33.7. The summed E-state index contributed by atoms with van der Waals surface area (Å²) < 4.78 is 225. The fourth-order valence-corrected chi connectivity index (χ4v) is 20.2. The molecule has 0 amide bonds. The highest BCUT2D eigenvalue weighted by Crippen LogP contribution is 2.67. The Hall–Kier alpha value is -8.70. The molecule has 120 heavy (non-hydrogen) atoms. The molecule has 0 atom stereocenters. The van der Waals surface area contributed by atoms with Crippen LogP contribution in [0.25, 0.3) is 0 Å². The molecule has 30 heteroatoms. The van der Waals surface area contributed by atoms with E-state index >= 15 is 27.4 Å². The number of hydrogen-bond acceptors (Lipinski definition) is 24. The zero-order valence-corrected chi connectivity index (χ0v) is 70.4. The van der Waals surface area contributed by atoms with Gasteiger partial charge in [0.05, 0.1) is 79.3 Å². The number of phosphoric acid groups is 6. The molecule has 0 saturated heterocycles. The van der Waals surface area contributed by atoms with Crippen molar-refractivity contribution >= 4 is 46.9 Å². The van der Waals surface area contributed by atoms with Gasteiger partial charge in [-0.3, -0.25) is 81.4 Å². The van der Waals surface area contributed by atoms with Gasteiger partial charge in [0, 0.05) is 0 Å². The van der Waals surface area contributed by atoms with E-state index in [0.717, 1.165) is 0 Å². The van der Waals surface area contributed by atoms with Gasteiger partial charge in [0.15, 0.2) is 0 Å². The molecule has 0 radical (unpaired) electrons. The van der Waals surface area contributed by atoms with Crippen molar-refractivity contribution in [1.82, 2.24) is 0 Å². The average molecular weight is 1740 g/mol. The van der Waals surface area contributed by atoms with Crippen molar-refractivity contribution in [3.05, 3.63) is 431 Å². The standard InChI is InChI=1S/C90H90O24P6/c91-115(97-61-73-37-13-1-14-38-73,98-62-74-39-15-2-16-40-74)109-85-86(110-116(92,99-63-75-41-17-3-18-42-75)100-64-76-43-19-4-20-44-76)88(112-118(94,103-67-79-49-25-7-26-50-79)104-68-80-51-27-8-28-52-80)90(114-120(96,107-71-83-57-33-11-34-58-83)108-72-84-59-35-12-36-60-84)89(113-119(95,105-69-81-53-29-9-30-54-81)106-70-82-55-31-10-32-56-82)87(85)111-117(93,101-65-77-45-21-5-22-46-77)102-66-78-47-23-6-24-48-78/h1-60,85-90H,61-72H2. The summed E-state index contributed by atoms with van der Waals surface area (Å²) in [6.07, 6.45) is -16.0. The minimum Gasteiger partial charge on any atom is -0.282 e. The normalized spacial score (nSPS) is 16.7. The van der Waals surface area contributed by atoms with Crippen molar-refractivity contribution in [3.63, 3.8) is 0 Å². The second kappa shape index (κ2) is 44.9. The topological polar surface area (TPSA) is 269 Å². The molecular weight excluding hydrogens is 1650 g/mol. The second-order valence-electron chi connectivity index (χ2n) is 27.2. The van der Waals surface area contributed by atoms with Gasteiger partial charge in [-0.05, 0) is 66.8 Å². The largest absolute Gasteiger partial charge is 0.475 e. The third-order valence-corrected chi connectivity index (χ3v) is 26.6. The molecule has 24 nitrogen and oxygen atoms in total. The van der Waals surface area contributed by atoms with Crippen LogP contribution < -0.4 is 0 Å². The lowest BCUT2D eigenvalue weighted by Crippen LogP contribution is -2.66. The highest BCUT2D eigenvalue weighted by molar-refractivity contribution is 7.50. The number of hydrogen-bond donors (Lipinski definition) is 0. The van der Waals surface area contributed by atoms with Crippen molar-refractivity contribution in [1.29, 1.82) is 0 Å². The molecule has 1 aliphatic rings. The van der Waals surface area contributed by atoms with Crippen molar-refractivity contribution < 1.29 is 109 Å². The van der Waals surface area contributed by atoms with Crippen LogP contribution in [-0.2, 0) is 188 Å². The molecule has 0 unspecified atom stereocenters. The molecule has 1 fully saturated rings. The fraction of sp³-hybridized carbons (Fsp3) is 0.200. The predicted octanol–water partition coefficient (Wildman–Crippen LogP) is 23.6. The lowest BCUT2D eigenvalue weighted by atomic mass is 9.85. The fourth-order valence-electron chi connectivity index (χ4n) is 12.1. The summed E-state index contributed by atoms with van der Waals surface area (Å²) >= 11 is 0. The molecule has 12 aromatic carbocycles. The molecule has 0 spiro atoms. The van der Waals surface area contributed by atoms with Crippen LogP contribution in [0.2, 0.25) is 0 Å². The maximum atomic E-state index is 17.2. The first-order chi connectivity index (χ1) is 58.5. The summed E-state index contributed by atoms with van der Waals surface area (Å²) in [5, 5.41) is 0. The monoisotopic (exact) mass is 1740 g/mol. The Bertz CT molecular complexity index is 4160. The van der Waals surface area contributed by atoms with Crippen LogP contribution in [0.5, 0.6) is 0 Å². The lowest BCUT2D eigenvalue weighted by molar-refractivity contribution is -0.209. The Balaban J connectivity index is 1.12. The average Bonchev–Trinajstić information content (AvgIpc) is 0.731. The van der Waals surface area contributed by atoms with Crippen molar-refractivity contribution in [2.45, 2.75) is 116 Å². The van der Waals surface area contributed by atoms with Gasteiger partial charge < -0.3 is 0 Å². The van der Waals surface area contributed by atoms with Gasteiger partial charge in [-0.25, -0.2) is 27.4 Å². The third-order valence-electron chi connectivity index (χ3n) is 18.2. The molecule has 0 bridgehead atoms. The van der Waals surface area contributed by atoms with Gasteiger partial charge in [-0.2, -0.15) is 0 Å². The summed E-state index contributed by atoms with van der Waals surface area (Å²) in [6.45, 7) is -6.59. The quantitative estimate of drug-likeness (QED) is 0.0321. The number of phosphoric ester groups is 6.